The van der Waals surface area contributed by atoms with Gasteiger partial charge in [0.2, 0.25) is 0 Å². The van der Waals surface area contributed by atoms with E-state index in [4.69, 9.17) is 9.47 Å². The van der Waals surface area contributed by atoms with Gasteiger partial charge in [0.05, 0.1) is 12.7 Å². The largest absolute Gasteiger partial charge is 0.491 e. The van der Waals surface area contributed by atoms with Crippen molar-refractivity contribution in [1.29, 1.82) is 0 Å². The van der Waals surface area contributed by atoms with E-state index >= 15 is 0 Å². The lowest BCUT2D eigenvalue weighted by molar-refractivity contribution is -0.00835. The van der Waals surface area contributed by atoms with Crippen molar-refractivity contribution in [3.63, 3.8) is 0 Å². The molecule has 1 aromatic rings. The Kier molecular flexibility index (Phi) is 5.47. The van der Waals surface area contributed by atoms with Gasteiger partial charge in [0.25, 0.3) is 0 Å². The van der Waals surface area contributed by atoms with Gasteiger partial charge in [-0.15, -0.1) is 0 Å². The second kappa shape index (κ2) is 7.12. The summed E-state index contributed by atoms with van der Waals surface area (Å²) >= 11 is 3.40. The van der Waals surface area contributed by atoms with Crippen molar-refractivity contribution in [2.45, 2.75) is 19.4 Å². The first-order valence-electron chi connectivity index (χ1n) is 6.46. The maximum absolute atomic E-state index is 5.84. The summed E-state index contributed by atoms with van der Waals surface area (Å²) in [5.41, 5.74) is 0. The minimum Gasteiger partial charge on any atom is -0.491 e. The number of rotatable bonds is 5. The standard InChI is InChI=1S/C14H20BrNO2/c1-11-6-7-16-10-14(11)18-9-8-17-13-4-2-12(15)3-5-13/h2-5,11,14,16H,6-10H2,1H3. The summed E-state index contributed by atoms with van der Waals surface area (Å²) in [6.07, 6.45) is 1.52. The Labute approximate surface area is 117 Å². The molecular weight excluding hydrogens is 294 g/mol. The van der Waals surface area contributed by atoms with Gasteiger partial charge in [-0.1, -0.05) is 22.9 Å². The number of benzene rings is 1. The summed E-state index contributed by atoms with van der Waals surface area (Å²) in [6, 6.07) is 7.86. The van der Waals surface area contributed by atoms with Crippen LogP contribution in [-0.2, 0) is 4.74 Å². The van der Waals surface area contributed by atoms with E-state index in [0.29, 0.717) is 25.2 Å². The molecule has 2 unspecified atom stereocenters. The average Bonchev–Trinajstić information content (AvgIpc) is 2.39. The molecule has 1 saturated heterocycles. The molecule has 2 atom stereocenters. The second-order valence-corrected chi connectivity index (χ2v) is 5.60. The molecule has 0 spiro atoms. The molecule has 3 nitrogen and oxygen atoms in total. The van der Waals surface area contributed by atoms with Gasteiger partial charge in [-0.2, -0.15) is 0 Å². The lowest BCUT2D eigenvalue weighted by Gasteiger charge is -2.29. The van der Waals surface area contributed by atoms with E-state index in [1.807, 2.05) is 24.3 Å². The Morgan fingerprint density at radius 2 is 2.06 bits per heavy atom. The molecule has 1 aromatic carbocycles. The van der Waals surface area contributed by atoms with E-state index in [0.717, 1.165) is 23.3 Å². The predicted molar refractivity (Wildman–Crippen MR) is 76.0 cm³/mol. The van der Waals surface area contributed by atoms with E-state index < -0.39 is 0 Å². The molecule has 100 valence electrons. The molecule has 1 fully saturated rings. The van der Waals surface area contributed by atoms with Crippen LogP contribution in [-0.4, -0.2) is 32.4 Å². The Bertz CT molecular complexity index is 355. The number of hydrogen-bond acceptors (Lipinski definition) is 3. The maximum atomic E-state index is 5.84. The van der Waals surface area contributed by atoms with Crippen LogP contribution >= 0.6 is 15.9 Å². The highest BCUT2D eigenvalue weighted by Gasteiger charge is 2.21. The first kappa shape index (κ1) is 13.8. The first-order valence-corrected chi connectivity index (χ1v) is 7.25. The minimum absolute atomic E-state index is 0.326. The quantitative estimate of drug-likeness (QED) is 0.848. The summed E-state index contributed by atoms with van der Waals surface area (Å²) in [4.78, 5) is 0. The Morgan fingerprint density at radius 1 is 1.28 bits per heavy atom. The number of piperidine rings is 1. The van der Waals surface area contributed by atoms with Gasteiger partial charge >= 0.3 is 0 Å². The van der Waals surface area contributed by atoms with Crippen LogP contribution in [0.25, 0.3) is 0 Å². The van der Waals surface area contributed by atoms with Crippen LogP contribution in [0.1, 0.15) is 13.3 Å². The SMILES string of the molecule is CC1CCNCC1OCCOc1ccc(Br)cc1. The molecule has 0 saturated carbocycles. The van der Waals surface area contributed by atoms with Crippen LogP contribution in [0.4, 0.5) is 0 Å². The molecule has 2 rings (SSSR count). The molecular formula is C14H20BrNO2. The van der Waals surface area contributed by atoms with E-state index in [9.17, 15) is 0 Å². The molecule has 0 amide bonds. The Morgan fingerprint density at radius 3 is 2.78 bits per heavy atom. The van der Waals surface area contributed by atoms with Gasteiger partial charge in [0, 0.05) is 11.0 Å². The van der Waals surface area contributed by atoms with Crippen LogP contribution in [0.3, 0.4) is 0 Å². The van der Waals surface area contributed by atoms with Crippen molar-refractivity contribution >= 4 is 15.9 Å². The van der Waals surface area contributed by atoms with Crippen LogP contribution in [0, 0.1) is 5.92 Å². The summed E-state index contributed by atoms with van der Waals surface area (Å²) in [6.45, 7) is 5.56. The van der Waals surface area contributed by atoms with Crippen molar-refractivity contribution in [1.82, 2.24) is 5.32 Å². The fraction of sp³-hybridized carbons (Fsp3) is 0.571. The third-order valence-electron chi connectivity index (χ3n) is 3.25. The van der Waals surface area contributed by atoms with Crippen LogP contribution < -0.4 is 10.1 Å². The molecule has 1 heterocycles. The van der Waals surface area contributed by atoms with Gasteiger partial charge in [-0.3, -0.25) is 0 Å². The lowest BCUT2D eigenvalue weighted by Crippen LogP contribution is -2.41. The third kappa shape index (κ3) is 4.26. The lowest BCUT2D eigenvalue weighted by atomic mass is 9.97. The number of halogens is 1. The van der Waals surface area contributed by atoms with Crippen LogP contribution in [0.5, 0.6) is 5.75 Å². The van der Waals surface area contributed by atoms with Gasteiger partial charge in [-0.25, -0.2) is 0 Å². The zero-order valence-corrected chi connectivity index (χ0v) is 12.3. The second-order valence-electron chi connectivity index (χ2n) is 4.68. The zero-order chi connectivity index (χ0) is 12.8. The number of nitrogens with one attached hydrogen (secondary N) is 1. The average molecular weight is 314 g/mol. The molecule has 1 aliphatic heterocycles. The monoisotopic (exact) mass is 313 g/mol. The molecule has 0 radical (unpaired) electrons. The van der Waals surface area contributed by atoms with E-state index in [1.54, 1.807) is 0 Å². The molecule has 1 N–H and O–H groups in total. The molecule has 4 heteroatoms. The molecule has 1 aliphatic rings. The predicted octanol–water partition coefficient (Wildman–Crippen LogP) is 2.84. The highest BCUT2D eigenvalue weighted by molar-refractivity contribution is 9.10. The summed E-state index contributed by atoms with van der Waals surface area (Å²) in [5.74, 6) is 1.52. The Balaban J connectivity index is 1.65. The number of ether oxygens (including phenoxy) is 2. The normalized spacial score (nSPS) is 23.9. The summed E-state index contributed by atoms with van der Waals surface area (Å²) in [5, 5.41) is 3.36. The topological polar surface area (TPSA) is 30.5 Å². The molecule has 0 bridgehead atoms. The highest BCUT2D eigenvalue weighted by Crippen LogP contribution is 2.17. The van der Waals surface area contributed by atoms with Crippen molar-refractivity contribution < 1.29 is 9.47 Å². The molecule has 18 heavy (non-hydrogen) atoms. The van der Waals surface area contributed by atoms with Gasteiger partial charge in [-0.05, 0) is 43.1 Å². The first-order chi connectivity index (χ1) is 8.75. The van der Waals surface area contributed by atoms with E-state index in [1.165, 1.54) is 6.42 Å². The fourth-order valence-corrected chi connectivity index (χ4v) is 2.34. The highest BCUT2D eigenvalue weighted by atomic mass is 79.9. The van der Waals surface area contributed by atoms with Crippen molar-refractivity contribution in [3.05, 3.63) is 28.7 Å². The van der Waals surface area contributed by atoms with Crippen LogP contribution in [0.2, 0.25) is 0 Å². The maximum Gasteiger partial charge on any atom is 0.119 e. The molecule has 0 aliphatic carbocycles. The van der Waals surface area contributed by atoms with Crippen molar-refractivity contribution in [3.8, 4) is 5.75 Å². The number of hydrogen-bond donors (Lipinski definition) is 1. The third-order valence-corrected chi connectivity index (χ3v) is 3.78. The van der Waals surface area contributed by atoms with Gasteiger partial charge < -0.3 is 14.8 Å². The van der Waals surface area contributed by atoms with Crippen molar-refractivity contribution in [2.75, 3.05) is 26.3 Å². The minimum atomic E-state index is 0.326. The zero-order valence-electron chi connectivity index (χ0n) is 10.7. The Hall–Kier alpha value is -0.580. The smallest absolute Gasteiger partial charge is 0.119 e. The van der Waals surface area contributed by atoms with Gasteiger partial charge in [0.15, 0.2) is 0 Å². The van der Waals surface area contributed by atoms with Crippen molar-refractivity contribution in [2.24, 2.45) is 5.92 Å². The molecule has 0 aromatic heterocycles. The van der Waals surface area contributed by atoms with Crippen LogP contribution in [0.15, 0.2) is 28.7 Å². The van der Waals surface area contributed by atoms with E-state index in [2.05, 4.69) is 28.2 Å². The summed E-state index contributed by atoms with van der Waals surface area (Å²) < 4.78 is 12.5. The summed E-state index contributed by atoms with van der Waals surface area (Å²) in [7, 11) is 0. The van der Waals surface area contributed by atoms with E-state index in [-0.39, 0.29) is 0 Å². The fourth-order valence-electron chi connectivity index (χ4n) is 2.07. The van der Waals surface area contributed by atoms with Gasteiger partial charge in [0.1, 0.15) is 12.4 Å².